The van der Waals surface area contributed by atoms with E-state index >= 15 is 0 Å². The second kappa shape index (κ2) is 7.72. The molecule has 2 aromatic carbocycles. The third-order valence-corrected chi connectivity index (χ3v) is 3.29. The Kier molecular flexibility index (Phi) is 5.68. The molecule has 0 atom stereocenters. The summed E-state index contributed by atoms with van der Waals surface area (Å²) in [5.41, 5.74) is 3.85. The highest BCUT2D eigenvalue weighted by Gasteiger charge is 2.02. The largest absolute Gasteiger partial charge is 0.491 e. The van der Waals surface area contributed by atoms with Crippen molar-refractivity contribution in [2.24, 2.45) is 0 Å². The van der Waals surface area contributed by atoms with E-state index in [2.05, 4.69) is 48.6 Å². The molecule has 0 aliphatic rings. The van der Waals surface area contributed by atoms with Gasteiger partial charge in [-0.3, -0.25) is 0 Å². The molecule has 0 aliphatic carbocycles. The zero-order valence-electron chi connectivity index (χ0n) is 13.2. The molecule has 0 aromatic heterocycles. The highest BCUT2D eigenvalue weighted by Crippen LogP contribution is 2.19. The van der Waals surface area contributed by atoms with Crippen molar-refractivity contribution in [1.82, 2.24) is 0 Å². The Balaban J connectivity index is 2.03. The topological polar surface area (TPSA) is 21.3 Å². The molecule has 0 fully saturated rings. The minimum Gasteiger partial charge on any atom is -0.491 e. The number of anilines is 1. The number of rotatable bonds is 7. The van der Waals surface area contributed by atoms with E-state index in [0.29, 0.717) is 0 Å². The molecule has 2 nitrogen and oxygen atoms in total. The summed E-state index contributed by atoms with van der Waals surface area (Å²) in [6.45, 7) is 7.12. The molecule has 21 heavy (non-hydrogen) atoms. The van der Waals surface area contributed by atoms with E-state index in [1.807, 2.05) is 26.0 Å². The monoisotopic (exact) mass is 283 g/mol. The fourth-order valence-electron chi connectivity index (χ4n) is 2.38. The van der Waals surface area contributed by atoms with E-state index in [1.54, 1.807) is 0 Å². The van der Waals surface area contributed by atoms with E-state index in [4.69, 9.17) is 4.74 Å². The SMILES string of the molecule is CCCc1ccccc1NCc1cccc(OC(C)C)c1. The molecule has 2 aromatic rings. The quantitative estimate of drug-likeness (QED) is 0.768. The molecule has 0 saturated heterocycles. The summed E-state index contributed by atoms with van der Waals surface area (Å²) in [4.78, 5) is 0. The average molecular weight is 283 g/mol. The van der Waals surface area contributed by atoms with E-state index < -0.39 is 0 Å². The van der Waals surface area contributed by atoms with Gasteiger partial charge in [-0.2, -0.15) is 0 Å². The first-order valence-corrected chi connectivity index (χ1v) is 7.76. The Bertz CT molecular complexity index is 563. The predicted molar refractivity (Wildman–Crippen MR) is 90.0 cm³/mol. The molecule has 0 unspecified atom stereocenters. The summed E-state index contributed by atoms with van der Waals surface area (Å²) < 4.78 is 5.74. The predicted octanol–water partition coefficient (Wildman–Crippen LogP) is 5.04. The lowest BCUT2D eigenvalue weighted by atomic mass is 10.1. The molecule has 0 saturated carbocycles. The molecule has 2 rings (SSSR count). The van der Waals surface area contributed by atoms with Gasteiger partial charge in [-0.15, -0.1) is 0 Å². The molecule has 0 radical (unpaired) electrons. The Labute approximate surface area is 128 Å². The van der Waals surface area contributed by atoms with Crippen LogP contribution in [-0.2, 0) is 13.0 Å². The third-order valence-electron chi connectivity index (χ3n) is 3.29. The van der Waals surface area contributed by atoms with Crippen LogP contribution < -0.4 is 10.1 Å². The highest BCUT2D eigenvalue weighted by atomic mass is 16.5. The number of hydrogen-bond donors (Lipinski definition) is 1. The summed E-state index contributed by atoms with van der Waals surface area (Å²) in [7, 11) is 0. The van der Waals surface area contributed by atoms with Crippen molar-refractivity contribution >= 4 is 5.69 Å². The summed E-state index contributed by atoms with van der Waals surface area (Å²) in [6.07, 6.45) is 2.48. The Morgan fingerprint density at radius 2 is 1.86 bits per heavy atom. The number of aryl methyl sites for hydroxylation is 1. The standard InChI is InChI=1S/C19H25NO/c1-4-8-17-10-5-6-12-19(17)20-14-16-9-7-11-18(13-16)21-15(2)3/h5-7,9-13,15,20H,4,8,14H2,1-3H3. The second-order valence-electron chi connectivity index (χ2n) is 5.57. The van der Waals surface area contributed by atoms with Crippen LogP contribution in [0.2, 0.25) is 0 Å². The van der Waals surface area contributed by atoms with Crippen LogP contribution in [-0.4, -0.2) is 6.10 Å². The first kappa shape index (κ1) is 15.4. The zero-order chi connectivity index (χ0) is 15.1. The van der Waals surface area contributed by atoms with Gasteiger partial charge in [0.1, 0.15) is 5.75 Å². The molecule has 112 valence electrons. The average Bonchev–Trinajstić information content (AvgIpc) is 2.46. The first-order valence-electron chi connectivity index (χ1n) is 7.76. The fourth-order valence-corrected chi connectivity index (χ4v) is 2.38. The number of para-hydroxylation sites is 1. The van der Waals surface area contributed by atoms with Gasteiger partial charge in [0.2, 0.25) is 0 Å². The molecule has 0 heterocycles. The van der Waals surface area contributed by atoms with Crippen LogP contribution in [0.5, 0.6) is 5.75 Å². The molecular formula is C19H25NO. The molecule has 2 heteroatoms. The lowest BCUT2D eigenvalue weighted by Gasteiger charge is -2.13. The Hall–Kier alpha value is -1.96. The highest BCUT2D eigenvalue weighted by molar-refractivity contribution is 5.51. The van der Waals surface area contributed by atoms with Gasteiger partial charge in [-0.05, 0) is 49.6 Å². The second-order valence-corrected chi connectivity index (χ2v) is 5.57. The van der Waals surface area contributed by atoms with Crippen molar-refractivity contribution in [3.63, 3.8) is 0 Å². The molecule has 0 amide bonds. The van der Waals surface area contributed by atoms with E-state index in [1.165, 1.54) is 16.8 Å². The van der Waals surface area contributed by atoms with Gasteiger partial charge in [-0.25, -0.2) is 0 Å². The molecule has 1 N–H and O–H groups in total. The van der Waals surface area contributed by atoms with Crippen LogP contribution in [0.1, 0.15) is 38.3 Å². The van der Waals surface area contributed by atoms with Crippen molar-refractivity contribution in [2.45, 2.75) is 46.3 Å². The maximum atomic E-state index is 5.74. The van der Waals surface area contributed by atoms with Gasteiger partial charge in [-0.1, -0.05) is 43.7 Å². The number of hydrogen-bond acceptors (Lipinski definition) is 2. The lowest BCUT2D eigenvalue weighted by molar-refractivity contribution is 0.242. The minimum absolute atomic E-state index is 0.207. The lowest BCUT2D eigenvalue weighted by Crippen LogP contribution is -2.06. The summed E-state index contributed by atoms with van der Waals surface area (Å²) in [5, 5.41) is 3.54. The van der Waals surface area contributed by atoms with E-state index in [9.17, 15) is 0 Å². The number of ether oxygens (including phenoxy) is 1. The number of nitrogens with one attached hydrogen (secondary N) is 1. The fraction of sp³-hybridized carbons (Fsp3) is 0.368. The minimum atomic E-state index is 0.207. The zero-order valence-corrected chi connectivity index (χ0v) is 13.2. The number of benzene rings is 2. The molecular weight excluding hydrogens is 258 g/mol. The normalized spacial score (nSPS) is 10.7. The van der Waals surface area contributed by atoms with Gasteiger partial charge in [0.15, 0.2) is 0 Å². The van der Waals surface area contributed by atoms with Gasteiger partial charge >= 0.3 is 0 Å². The van der Waals surface area contributed by atoms with Gasteiger partial charge in [0.25, 0.3) is 0 Å². The molecule has 0 spiro atoms. The van der Waals surface area contributed by atoms with Crippen molar-refractivity contribution in [3.05, 3.63) is 59.7 Å². The summed E-state index contributed by atoms with van der Waals surface area (Å²) in [5.74, 6) is 0.936. The van der Waals surface area contributed by atoms with Crippen molar-refractivity contribution in [1.29, 1.82) is 0 Å². The van der Waals surface area contributed by atoms with E-state index in [-0.39, 0.29) is 6.10 Å². The smallest absolute Gasteiger partial charge is 0.120 e. The van der Waals surface area contributed by atoms with Crippen LogP contribution in [0.4, 0.5) is 5.69 Å². The van der Waals surface area contributed by atoms with Crippen LogP contribution in [0.15, 0.2) is 48.5 Å². The van der Waals surface area contributed by atoms with Gasteiger partial charge < -0.3 is 10.1 Å². The molecule has 0 aliphatic heterocycles. The van der Waals surface area contributed by atoms with Crippen LogP contribution in [0.3, 0.4) is 0 Å². The summed E-state index contributed by atoms with van der Waals surface area (Å²) in [6, 6.07) is 16.8. The van der Waals surface area contributed by atoms with Crippen LogP contribution in [0, 0.1) is 0 Å². The van der Waals surface area contributed by atoms with Crippen LogP contribution >= 0.6 is 0 Å². The van der Waals surface area contributed by atoms with Crippen molar-refractivity contribution < 1.29 is 4.74 Å². The maximum absolute atomic E-state index is 5.74. The van der Waals surface area contributed by atoms with Gasteiger partial charge in [0.05, 0.1) is 6.10 Å². The maximum Gasteiger partial charge on any atom is 0.120 e. The Morgan fingerprint density at radius 3 is 2.62 bits per heavy atom. The van der Waals surface area contributed by atoms with Crippen LogP contribution in [0.25, 0.3) is 0 Å². The molecule has 0 bridgehead atoms. The first-order chi connectivity index (χ1) is 10.2. The summed E-state index contributed by atoms with van der Waals surface area (Å²) >= 11 is 0. The van der Waals surface area contributed by atoms with Crippen molar-refractivity contribution in [2.75, 3.05) is 5.32 Å². The van der Waals surface area contributed by atoms with Gasteiger partial charge in [0, 0.05) is 12.2 Å². The Morgan fingerprint density at radius 1 is 1.05 bits per heavy atom. The third kappa shape index (κ3) is 4.82. The van der Waals surface area contributed by atoms with E-state index in [0.717, 1.165) is 25.1 Å². The van der Waals surface area contributed by atoms with Crippen molar-refractivity contribution in [3.8, 4) is 5.75 Å².